The normalized spacial score (nSPS) is 23.6. The second-order valence-corrected chi connectivity index (χ2v) is 11.0. The number of hydrogen-bond acceptors (Lipinski definition) is 11. The number of hydrogen-bond donors (Lipinski definition) is 3. The first-order chi connectivity index (χ1) is 20.9. The highest BCUT2D eigenvalue weighted by molar-refractivity contribution is 6.15. The van der Waals surface area contributed by atoms with Crippen LogP contribution in [-0.4, -0.2) is 75.0 Å². The van der Waals surface area contributed by atoms with Gasteiger partial charge in [-0.05, 0) is 53.9 Å². The van der Waals surface area contributed by atoms with Crippen LogP contribution in [0.3, 0.4) is 0 Å². The van der Waals surface area contributed by atoms with Gasteiger partial charge < -0.3 is 39.4 Å². The summed E-state index contributed by atoms with van der Waals surface area (Å²) < 4.78 is 27.9. The predicted octanol–water partition coefficient (Wildman–Crippen LogP) is 2.35. The van der Waals surface area contributed by atoms with Gasteiger partial charge in [0.05, 0.1) is 32.8 Å². The molecule has 1 saturated heterocycles. The molecule has 12 nitrogen and oxygen atoms in total. The van der Waals surface area contributed by atoms with Gasteiger partial charge in [0.1, 0.15) is 5.70 Å². The molecule has 2 amide bonds. The summed E-state index contributed by atoms with van der Waals surface area (Å²) in [5.74, 6) is -1.46. The Labute approximate surface area is 248 Å². The van der Waals surface area contributed by atoms with Crippen LogP contribution in [0, 0.1) is 11.8 Å². The summed E-state index contributed by atoms with van der Waals surface area (Å²) in [6, 6.07) is 6.51. The van der Waals surface area contributed by atoms with Crippen LogP contribution in [0.5, 0.6) is 28.7 Å². The Balaban J connectivity index is 1.38. The fourth-order valence-corrected chi connectivity index (χ4v) is 6.45. The zero-order valence-electron chi connectivity index (χ0n) is 24.3. The number of phenolic OH excluding ortho intramolecular Hbond substituents is 1. The van der Waals surface area contributed by atoms with Crippen molar-refractivity contribution in [3.63, 3.8) is 0 Å². The van der Waals surface area contributed by atoms with E-state index >= 15 is 0 Å². The minimum atomic E-state index is -0.656. The highest BCUT2D eigenvalue weighted by Gasteiger charge is 2.53. The molecule has 1 fully saturated rings. The van der Waals surface area contributed by atoms with Crippen LogP contribution in [-0.2, 0) is 19.1 Å². The molecule has 0 unspecified atom stereocenters. The number of rotatable bonds is 11. The summed E-state index contributed by atoms with van der Waals surface area (Å²) in [5, 5.41) is 17.1. The molecule has 0 aromatic heterocycles. The third-order valence-electron chi connectivity index (χ3n) is 8.59. The third kappa shape index (κ3) is 4.99. The number of ether oxygens (including phenoxy) is 5. The number of esters is 1. The van der Waals surface area contributed by atoms with Crippen molar-refractivity contribution < 1.29 is 43.2 Å². The van der Waals surface area contributed by atoms with Crippen LogP contribution < -0.4 is 29.6 Å². The molecule has 0 spiro atoms. The molecule has 3 aliphatic heterocycles. The van der Waals surface area contributed by atoms with Gasteiger partial charge in [-0.3, -0.25) is 19.3 Å². The van der Waals surface area contributed by atoms with Crippen molar-refractivity contribution in [2.75, 3.05) is 47.3 Å². The number of imide groups is 1. The van der Waals surface area contributed by atoms with E-state index in [0.29, 0.717) is 23.6 Å². The van der Waals surface area contributed by atoms with Crippen LogP contribution in [0.25, 0.3) is 0 Å². The summed E-state index contributed by atoms with van der Waals surface area (Å²) in [7, 11) is 2.88. The molecule has 4 atom stereocenters. The van der Waals surface area contributed by atoms with E-state index < -0.39 is 35.7 Å². The molecule has 2 aromatic carbocycles. The molecule has 1 aliphatic carbocycles. The van der Waals surface area contributed by atoms with Crippen molar-refractivity contribution in [3.05, 3.63) is 52.7 Å². The SMILES string of the molecule is CCCCNCCN1C(=O)C=C(N[C@@H]2c3cc4c(cc3[C@@H](c3cc(OC)c(O)c(OC)c3)[C@H]3C(=O)OC[C@@H]32)OCO4)C1=O. The first-order valence-electron chi connectivity index (χ1n) is 14.5. The van der Waals surface area contributed by atoms with Crippen molar-refractivity contribution in [2.45, 2.75) is 31.7 Å². The average Bonchev–Trinajstić information content (AvgIpc) is 3.70. The fourth-order valence-electron chi connectivity index (χ4n) is 6.45. The summed E-state index contributed by atoms with van der Waals surface area (Å²) in [5.41, 5.74) is 2.37. The Bertz CT molecular complexity index is 1460. The van der Waals surface area contributed by atoms with Crippen LogP contribution in [0.15, 0.2) is 36.0 Å². The molecule has 6 rings (SSSR count). The van der Waals surface area contributed by atoms with Crippen molar-refractivity contribution in [2.24, 2.45) is 11.8 Å². The zero-order chi connectivity index (χ0) is 30.2. The molecule has 4 aliphatic rings. The number of aromatic hydroxyl groups is 1. The maximum atomic E-state index is 13.4. The molecule has 0 saturated carbocycles. The second kappa shape index (κ2) is 11.7. The number of benzene rings is 2. The summed E-state index contributed by atoms with van der Waals surface area (Å²) >= 11 is 0. The lowest BCUT2D eigenvalue weighted by Gasteiger charge is -2.40. The van der Waals surface area contributed by atoms with Crippen LogP contribution in [0.4, 0.5) is 0 Å². The number of nitrogens with one attached hydrogen (secondary N) is 2. The second-order valence-electron chi connectivity index (χ2n) is 11.0. The minimum absolute atomic E-state index is 0.0517. The van der Waals surface area contributed by atoms with Crippen LogP contribution >= 0.6 is 0 Å². The van der Waals surface area contributed by atoms with Gasteiger partial charge in [0, 0.05) is 31.0 Å². The van der Waals surface area contributed by atoms with Gasteiger partial charge in [-0.15, -0.1) is 0 Å². The lowest BCUT2D eigenvalue weighted by molar-refractivity contribution is -0.141. The average molecular weight is 594 g/mol. The number of cyclic esters (lactones) is 1. The fraction of sp³-hybridized carbons (Fsp3) is 0.452. The third-order valence-corrected chi connectivity index (χ3v) is 8.59. The molecule has 2 aromatic rings. The number of methoxy groups -OCH3 is 2. The molecule has 3 N–H and O–H groups in total. The number of phenols is 1. The van der Waals surface area contributed by atoms with Gasteiger partial charge in [-0.2, -0.15) is 0 Å². The Morgan fingerprint density at radius 2 is 1.67 bits per heavy atom. The van der Waals surface area contributed by atoms with Gasteiger partial charge in [0.25, 0.3) is 11.8 Å². The van der Waals surface area contributed by atoms with E-state index in [0.717, 1.165) is 30.5 Å². The molecule has 43 heavy (non-hydrogen) atoms. The lowest BCUT2D eigenvalue weighted by atomic mass is 9.65. The number of unbranched alkanes of at least 4 members (excludes halogenated alkanes) is 1. The smallest absolute Gasteiger partial charge is 0.310 e. The summed E-state index contributed by atoms with van der Waals surface area (Å²) in [6.07, 6.45) is 3.38. The maximum absolute atomic E-state index is 13.4. The Morgan fingerprint density at radius 3 is 2.35 bits per heavy atom. The van der Waals surface area contributed by atoms with E-state index in [9.17, 15) is 19.5 Å². The number of carbonyl (C=O) groups excluding carboxylic acids is 3. The topological polar surface area (TPSA) is 145 Å². The molecule has 228 valence electrons. The first kappa shape index (κ1) is 28.7. The van der Waals surface area contributed by atoms with Gasteiger partial charge in [-0.25, -0.2) is 0 Å². The Hall–Kier alpha value is -4.45. The predicted molar refractivity (Wildman–Crippen MR) is 152 cm³/mol. The molecular weight excluding hydrogens is 558 g/mol. The number of nitrogens with zero attached hydrogens (tertiary/aromatic N) is 1. The summed E-state index contributed by atoms with van der Waals surface area (Å²) in [4.78, 5) is 40.8. The van der Waals surface area contributed by atoms with Gasteiger partial charge in [0.2, 0.25) is 12.5 Å². The quantitative estimate of drug-likeness (QED) is 0.201. The molecule has 12 heteroatoms. The highest BCUT2D eigenvalue weighted by Crippen LogP contribution is 2.55. The molecule has 0 bridgehead atoms. The Kier molecular flexibility index (Phi) is 7.78. The van der Waals surface area contributed by atoms with Crippen LogP contribution in [0.1, 0.15) is 48.4 Å². The molecule has 0 radical (unpaired) electrons. The van der Waals surface area contributed by atoms with Crippen molar-refractivity contribution >= 4 is 17.8 Å². The molecular formula is C31H35N3O9. The number of fused-ring (bicyclic) bond motifs is 3. The van der Waals surface area contributed by atoms with Crippen molar-refractivity contribution in [1.29, 1.82) is 0 Å². The maximum Gasteiger partial charge on any atom is 0.310 e. The van der Waals surface area contributed by atoms with Crippen molar-refractivity contribution in [3.8, 4) is 28.7 Å². The van der Waals surface area contributed by atoms with Crippen LogP contribution in [0.2, 0.25) is 0 Å². The zero-order valence-corrected chi connectivity index (χ0v) is 24.3. The van der Waals surface area contributed by atoms with E-state index in [1.54, 1.807) is 12.1 Å². The van der Waals surface area contributed by atoms with Crippen molar-refractivity contribution in [1.82, 2.24) is 15.5 Å². The number of amides is 2. The van der Waals surface area contributed by atoms with E-state index in [-0.39, 0.29) is 48.8 Å². The van der Waals surface area contributed by atoms with Gasteiger partial charge >= 0.3 is 5.97 Å². The summed E-state index contributed by atoms with van der Waals surface area (Å²) in [6.45, 7) is 3.83. The van der Waals surface area contributed by atoms with Gasteiger partial charge in [-0.1, -0.05) is 13.3 Å². The molecule has 3 heterocycles. The highest BCUT2D eigenvalue weighted by atomic mass is 16.7. The minimum Gasteiger partial charge on any atom is -0.502 e. The van der Waals surface area contributed by atoms with Gasteiger partial charge in [0.15, 0.2) is 23.0 Å². The standard InChI is InChI=1S/C31H35N3O9/c1-4-5-6-32-7-8-34-25(35)13-20(30(34)37)33-28-18-12-22-21(42-15-43-22)11-17(18)26(27-19(28)14-41-31(27)38)16-9-23(39-2)29(36)24(10-16)40-3/h9-13,19,26-28,32-33,36H,4-8,14-15H2,1-3H3/t19-,26+,27-,28+/m0/s1. The van der Waals surface area contributed by atoms with E-state index in [1.807, 2.05) is 12.1 Å². The lowest BCUT2D eigenvalue weighted by Crippen LogP contribution is -2.43. The van der Waals surface area contributed by atoms with E-state index in [4.69, 9.17) is 23.7 Å². The van der Waals surface area contributed by atoms with E-state index in [1.165, 1.54) is 25.2 Å². The monoisotopic (exact) mass is 593 g/mol. The Morgan fingerprint density at radius 1 is 0.977 bits per heavy atom. The largest absolute Gasteiger partial charge is 0.502 e. The van der Waals surface area contributed by atoms with E-state index in [2.05, 4.69) is 17.6 Å². The first-order valence-corrected chi connectivity index (χ1v) is 14.5. The number of carbonyl (C=O) groups is 3.